The molecule has 1 aromatic carbocycles. The van der Waals surface area contributed by atoms with E-state index in [1.807, 2.05) is 0 Å². The van der Waals surface area contributed by atoms with Gasteiger partial charge in [-0.25, -0.2) is 0 Å². The number of hydrogen-bond acceptors (Lipinski definition) is 1. The summed E-state index contributed by atoms with van der Waals surface area (Å²) >= 11 is 3.48. The van der Waals surface area contributed by atoms with Crippen molar-refractivity contribution in [2.45, 2.75) is 39.7 Å². The van der Waals surface area contributed by atoms with Crippen molar-refractivity contribution in [1.82, 2.24) is 4.90 Å². The Kier molecular flexibility index (Phi) is 4.26. The lowest BCUT2D eigenvalue weighted by Gasteiger charge is -2.23. The zero-order valence-electron chi connectivity index (χ0n) is 10.9. The standard InChI is InChI=1S/C15H22BrN/c1-15(2)8-3-10-17(11-9-15)12-13-4-6-14(16)7-5-13/h4-7H,3,8-12H2,1-2H3. The molecule has 1 aliphatic heterocycles. The lowest BCUT2D eigenvalue weighted by atomic mass is 9.85. The highest BCUT2D eigenvalue weighted by molar-refractivity contribution is 9.10. The van der Waals surface area contributed by atoms with Crippen LogP contribution in [0, 0.1) is 5.41 Å². The van der Waals surface area contributed by atoms with E-state index in [0.717, 1.165) is 6.54 Å². The van der Waals surface area contributed by atoms with Crippen LogP contribution in [0.25, 0.3) is 0 Å². The molecule has 0 aliphatic carbocycles. The van der Waals surface area contributed by atoms with E-state index in [-0.39, 0.29) is 0 Å². The van der Waals surface area contributed by atoms with Gasteiger partial charge in [0.15, 0.2) is 0 Å². The van der Waals surface area contributed by atoms with E-state index in [9.17, 15) is 0 Å². The van der Waals surface area contributed by atoms with Gasteiger partial charge in [0.25, 0.3) is 0 Å². The second kappa shape index (κ2) is 5.53. The van der Waals surface area contributed by atoms with Crippen molar-refractivity contribution in [1.29, 1.82) is 0 Å². The molecule has 2 heteroatoms. The summed E-state index contributed by atoms with van der Waals surface area (Å²) in [4.78, 5) is 2.60. The van der Waals surface area contributed by atoms with Gasteiger partial charge in [0.05, 0.1) is 0 Å². The Hall–Kier alpha value is -0.340. The zero-order chi connectivity index (χ0) is 12.3. The molecule has 0 unspecified atom stereocenters. The molecule has 0 radical (unpaired) electrons. The van der Waals surface area contributed by atoms with Gasteiger partial charge in [0.2, 0.25) is 0 Å². The molecule has 0 N–H and O–H groups in total. The first-order valence-electron chi connectivity index (χ1n) is 6.52. The van der Waals surface area contributed by atoms with Crippen LogP contribution < -0.4 is 0 Å². The van der Waals surface area contributed by atoms with E-state index >= 15 is 0 Å². The first-order chi connectivity index (χ1) is 8.05. The second-order valence-corrected chi connectivity index (χ2v) is 6.84. The van der Waals surface area contributed by atoms with Crippen LogP contribution in [0.15, 0.2) is 28.7 Å². The van der Waals surface area contributed by atoms with Crippen LogP contribution in [0.3, 0.4) is 0 Å². The van der Waals surface area contributed by atoms with Gasteiger partial charge in [-0.15, -0.1) is 0 Å². The van der Waals surface area contributed by atoms with Gasteiger partial charge in [0, 0.05) is 11.0 Å². The lowest BCUT2D eigenvalue weighted by Crippen LogP contribution is -2.24. The van der Waals surface area contributed by atoms with E-state index in [4.69, 9.17) is 0 Å². The molecule has 0 atom stereocenters. The second-order valence-electron chi connectivity index (χ2n) is 5.92. The van der Waals surface area contributed by atoms with Crippen molar-refractivity contribution in [3.05, 3.63) is 34.3 Å². The smallest absolute Gasteiger partial charge is 0.0233 e. The summed E-state index contributed by atoms with van der Waals surface area (Å²) in [7, 11) is 0. The molecule has 0 saturated carbocycles. The van der Waals surface area contributed by atoms with Gasteiger partial charge >= 0.3 is 0 Å². The van der Waals surface area contributed by atoms with Crippen molar-refractivity contribution in [2.24, 2.45) is 5.41 Å². The predicted molar refractivity (Wildman–Crippen MR) is 77.1 cm³/mol. The van der Waals surface area contributed by atoms with Gasteiger partial charge in [-0.05, 0) is 55.5 Å². The van der Waals surface area contributed by atoms with Crippen LogP contribution in [-0.4, -0.2) is 18.0 Å². The fourth-order valence-electron chi connectivity index (χ4n) is 2.48. The summed E-state index contributed by atoms with van der Waals surface area (Å²) < 4.78 is 1.17. The molecule has 0 amide bonds. The minimum absolute atomic E-state index is 0.536. The number of hydrogen-bond donors (Lipinski definition) is 0. The number of halogens is 1. The molecule has 1 aromatic rings. The van der Waals surface area contributed by atoms with E-state index < -0.39 is 0 Å². The molecule has 1 fully saturated rings. The highest BCUT2D eigenvalue weighted by Crippen LogP contribution is 2.30. The van der Waals surface area contributed by atoms with Crippen molar-refractivity contribution in [2.75, 3.05) is 13.1 Å². The third-order valence-corrected chi connectivity index (χ3v) is 4.28. The van der Waals surface area contributed by atoms with Gasteiger partial charge < -0.3 is 0 Å². The van der Waals surface area contributed by atoms with Crippen LogP contribution in [0.2, 0.25) is 0 Å². The van der Waals surface area contributed by atoms with Gasteiger partial charge in [0.1, 0.15) is 0 Å². The fraction of sp³-hybridized carbons (Fsp3) is 0.600. The van der Waals surface area contributed by atoms with Crippen LogP contribution in [-0.2, 0) is 6.54 Å². The molecule has 0 spiro atoms. The SMILES string of the molecule is CC1(C)CCCN(Cc2ccc(Br)cc2)CC1. The Bertz CT molecular complexity index is 356. The average molecular weight is 296 g/mol. The molecule has 0 bridgehead atoms. The predicted octanol–water partition coefficient (Wildman–Crippen LogP) is 4.46. The van der Waals surface area contributed by atoms with Crippen molar-refractivity contribution >= 4 is 15.9 Å². The number of likely N-dealkylation sites (tertiary alicyclic amines) is 1. The first-order valence-corrected chi connectivity index (χ1v) is 7.31. The van der Waals surface area contributed by atoms with E-state index in [2.05, 4.69) is 58.9 Å². The van der Waals surface area contributed by atoms with Crippen LogP contribution >= 0.6 is 15.9 Å². The Morgan fingerprint density at radius 2 is 1.82 bits per heavy atom. The Labute approximate surface area is 113 Å². The summed E-state index contributed by atoms with van der Waals surface area (Å²) in [5.41, 5.74) is 1.96. The highest BCUT2D eigenvalue weighted by atomic mass is 79.9. The van der Waals surface area contributed by atoms with E-state index in [0.29, 0.717) is 5.41 Å². The summed E-state index contributed by atoms with van der Waals surface area (Å²) in [6.45, 7) is 8.39. The molecule has 1 nitrogen and oxygen atoms in total. The number of benzene rings is 1. The van der Waals surface area contributed by atoms with E-state index in [1.54, 1.807) is 0 Å². The molecular weight excluding hydrogens is 274 g/mol. The molecule has 1 aliphatic rings. The van der Waals surface area contributed by atoms with Crippen LogP contribution in [0.1, 0.15) is 38.7 Å². The molecule has 1 saturated heterocycles. The van der Waals surface area contributed by atoms with Gasteiger partial charge in [-0.1, -0.05) is 41.9 Å². The lowest BCUT2D eigenvalue weighted by molar-refractivity contribution is 0.256. The average Bonchev–Trinajstić information content (AvgIpc) is 2.44. The maximum atomic E-state index is 3.48. The Morgan fingerprint density at radius 1 is 1.12 bits per heavy atom. The zero-order valence-corrected chi connectivity index (χ0v) is 12.5. The highest BCUT2D eigenvalue weighted by Gasteiger charge is 2.22. The molecule has 94 valence electrons. The van der Waals surface area contributed by atoms with Gasteiger partial charge in [-0.2, -0.15) is 0 Å². The summed E-state index contributed by atoms with van der Waals surface area (Å²) in [6.07, 6.45) is 4.02. The maximum Gasteiger partial charge on any atom is 0.0233 e. The summed E-state index contributed by atoms with van der Waals surface area (Å²) in [5, 5.41) is 0. The number of nitrogens with zero attached hydrogens (tertiary/aromatic N) is 1. The number of rotatable bonds is 2. The minimum atomic E-state index is 0.536. The molecule has 17 heavy (non-hydrogen) atoms. The normalized spacial score (nSPS) is 21.1. The third kappa shape index (κ3) is 4.11. The van der Waals surface area contributed by atoms with Crippen LogP contribution in [0.4, 0.5) is 0 Å². The quantitative estimate of drug-likeness (QED) is 0.778. The monoisotopic (exact) mass is 295 g/mol. The Balaban J connectivity index is 1.93. The van der Waals surface area contributed by atoms with Crippen molar-refractivity contribution in [3.8, 4) is 0 Å². The topological polar surface area (TPSA) is 3.24 Å². The Morgan fingerprint density at radius 3 is 2.53 bits per heavy atom. The fourth-order valence-corrected chi connectivity index (χ4v) is 2.75. The van der Waals surface area contributed by atoms with Crippen LogP contribution in [0.5, 0.6) is 0 Å². The first kappa shape index (κ1) is 13.1. The van der Waals surface area contributed by atoms with Crippen molar-refractivity contribution < 1.29 is 0 Å². The largest absolute Gasteiger partial charge is 0.299 e. The van der Waals surface area contributed by atoms with E-state index in [1.165, 1.54) is 42.4 Å². The van der Waals surface area contributed by atoms with Gasteiger partial charge in [-0.3, -0.25) is 4.90 Å². The summed E-state index contributed by atoms with van der Waals surface area (Å²) in [6, 6.07) is 8.72. The summed E-state index contributed by atoms with van der Waals surface area (Å²) in [5.74, 6) is 0. The maximum absolute atomic E-state index is 3.48. The molecular formula is C15H22BrN. The third-order valence-electron chi connectivity index (χ3n) is 3.75. The molecule has 2 rings (SSSR count). The molecule has 0 aromatic heterocycles. The molecule has 1 heterocycles. The minimum Gasteiger partial charge on any atom is -0.299 e. The van der Waals surface area contributed by atoms with Crippen molar-refractivity contribution in [3.63, 3.8) is 0 Å².